The number of allylic oxidation sites excluding steroid dienone is 2. The van der Waals surface area contributed by atoms with Crippen molar-refractivity contribution in [2.24, 2.45) is 0 Å². The summed E-state index contributed by atoms with van der Waals surface area (Å²) < 4.78 is 0. The summed E-state index contributed by atoms with van der Waals surface area (Å²) in [5.74, 6) is 0. The molecular weight excluding hydrogens is 72.3 g/mol. The highest BCUT2D eigenvalue weighted by molar-refractivity contribution is 5.75. The first-order valence-electron chi connectivity index (χ1n) is 1.48. The summed E-state index contributed by atoms with van der Waals surface area (Å²) in [4.78, 5) is 0. The van der Waals surface area contributed by atoms with Gasteiger partial charge in [-0.15, -0.1) is 0 Å². The van der Waals surface area contributed by atoms with Crippen molar-refractivity contribution in [1.29, 1.82) is 0 Å². The standard InChI is InChI=1S/C4H5.Mg.2H/c1-2-4-3-1;;;/h1-3H,4H2;;;. The minimum absolute atomic E-state index is 0. The fraction of sp³-hybridized carbons (Fsp3) is 0.250. The number of hydrogen-bond acceptors (Lipinski definition) is 0. The van der Waals surface area contributed by atoms with E-state index in [1.807, 2.05) is 0 Å². The largest absolute Gasteiger partial charge is 0.316 e. The zero-order valence-corrected chi connectivity index (χ0v) is 2.44. The molecule has 0 fully saturated rings. The molecule has 0 heterocycles. The molecule has 0 bridgehead atoms. The SMILES string of the molecule is [CH]1C=CC1.[MgH2]. The van der Waals surface area contributed by atoms with E-state index in [-0.39, 0.29) is 23.1 Å². The summed E-state index contributed by atoms with van der Waals surface area (Å²) in [6.07, 6.45) is 7.50. The maximum Gasteiger partial charge on any atom is 0.316 e. The van der Waals surface area contributed by atoms with Crippen molar-refractivity contribution in [2.75, 3.05) is 0 Å². The van der Waals surface area contributed by atoms with Crippen molar-refractivity contribution in [3.05, 3.63) is 18.6 Å². The second-order valence-corrected chi connectivity index (χ2v) is 0.900. The second-order valence-electron chi connectivity index (χ2n) is 0.900. The van der Waals surface area contributed by atoms with Gasteiger partial charge >= 0.3 is 23.1 Å². The molecule has 0 saturated carbocycles. The predicted octanol–water partition coefficient (Wildman–Crippen LogP) is 0.234. The molecule has 5 heavy (non-hydrogen) atoms. The average Bonchev–Trinajstić information content (AvgIpc) is 0.722. The fourth-order valence-corrected chi connectivity index (χ4v) is 0.136. The van der Waals surface area contributed by atoms with Crippen LogP contribution in [-0.2, 0) is 0 Å². The van der Waals surface area contributed by atoms with Gasteiger partial charge in [0.15, 0.2) is 0 Å². The molecule has 0 spiro atoms. The van der Waals surface area contributed by atoms with E-state index >= 15 is 0 Å². The monoisotopic (exact) mass is 79.0 g/mol. The summed E-state index contributed by atoms with van der Waals surface area (Å²) in [6, 6.07) is 0. The normalized spacial score (nSPS) is 16.0. The van der Waals surface area contributed by atoms with Crippen LogP contribution in [0.15, 0.2) is 12.2 Å². The maximum absolute atomic E-state index is 2.12. The van der Waals surface area contributed by atoms with Crippen LogP contribution in [0.3, 0.4) is 0 Å². The maximum atomic E-state index is 2.12. The van der Waals surface area contributed by atoms with Crippen molar-refractivity contribution in [2.45, 2.75) is 6.42 Å². The van der Waals surface area contributed by atoms with Gasteiger partial charge in [-0.1, -0.05) is 12.2 Å². The Morgan fingerprint density at radius 1 is 1.40 bits per heavy atom. The number of hydrogen-bond donors (Lipinski definition) is 0. The smallest absolute Gasteiger partial charge is 0.0876 e. The molecule has 1 rings (SSSR count). The van der Waals surface area contributed by atoms with Gasteiger partial charge in [0.2, 0.25) is 0 Å². The lowest BCUT2D eigenvalue weighted by atomic mass is 10.1. The molecule has 0 aromatic heterocycles. The fourth-order valence-electron chi connectivity index (χ4n) is 0.136. The van der Waals surface area contributed by atoms with Crippen molar-refractivity contribution in [1.82, 2.24) is 0 Å². The van der Waals surface area contributed by atoms with Gasteiger partial charge in [-0.25, -0.2) is 0 Å². The van der Waals surface area contributed by atoms with Gasteiger partial charge < -0.3 is 0 Å². The highest BCUT2D eigenvalue weighted by atomic mass is 24.3. The lowest BCUT2D eigenvalue weighted by Crippen LogP contribution is -1.73. The van der Waals surface area contributed by atoms with Gasteiger partial charge in [-0.3, -0.25) is 0 Å². The Hall–Kier alpha value is 0.506. The molecule has 0 aromatic rings. The third kappa shape index (κ3) is 1.39. The van der Waals surface area contributed by atoms with Crippen LogP contribution in [0.5, 0.6) is 0 Å². The Morgan fingerprint density at radius 3 is 1.60 bits per heavy atom. The quantitative estimate of drug-likeness (QED) is 0.365. The van der Waals surface area contributed by atoms with Crippen LogP contribution in [0.1, 0.15) is 6.42 Å². The summed E-state index contributed by atoms with van der Waals surface area (Å²) in [6.45, 7) is 0. The molecule has 0 aromatic carbocycles. The molecule has 0 amide bonds. The predicted molar refractivity (Wildman–Crippen MR) is 26.6 cm³/mol. The average molecular weight is 79.4 g/mol. The second kappa shape index (κ2) is 2.73. The lowest BCUT2D eigenvalue weighted by molar-refractivity contribution is 1.20. The molecule has 0 atom stereocenters. The molecule has 1 aliphatic carbocycles. The minimum atomic E-state index is 0. The Labute approximate surface area is 48.4 Å². The van der Waals surface area contributed by atoms with Gasteiger partial charge in [0.05, 0.1) is 0 Å². The van der Waals surface area contributed by atoms with E-state index in [0.29, 0.717) is 0 Å². The zero-order chi connectivity index (χ0) is 2.83. The molecule has 0 N–H and O–H groups in total. The van der Waals surface area contributed by atoms with Gasteiger partial charge in [-0.2, -0.15) is 0 Å². The van der Waals surface area contributed by atoms with Gasteiger partial charge in [0, 0.05) is 0 Å². The van der Waals surface area contributed by atoms with Gasteiger partial charge in [-0.05, 0) is 12.8 Å². The zero-order valence-electron chi connectivity index (χ0n) is 2.44. The molecule has 1 radical (unpaired) electrons. The molecule has 0 unspecified atom stereocenters. The molecule has 1 aliphatic rings. The van der Waals surface area contributed by atoms with Crippen LogP contribution in [0, 0.1) is 6.42 Å². The van der Waals surface area contributed by atoms with Gasteiger partial charge in [0.25, 0.3) is 0 Å². The first-order chi connectivity index (χ1) is 2.00. The van der Waals surface area contributed by atoms with Crippen molar-refractivity contribution in [3.8, 4) is 0 Å². The topological polar surface area (TPSA) is 0 Å². The molecule has 0 saturated heterocycles. The van der Waals surface area contributed by atoms with E-state index in [0.717, 1.165) is 0 Å². The van der Waals surface area contributed by atoms with E-state index in [2.05, 4.69) is 18.6 Å². The molecular formula is C4H7Mg. The summed E-state index contributed by atoms with van der Waals surface area (Å²) in [5.41, 5.74) is 0. The van der Waals surface area contributed by atoms with Crippen molar-refractivity contribution in [3.63, 3.8) is 0 Å². The lowest BCUT2D eigenvalue weighted by Gasteiger charge is -1.91. The highest BCUT2D eigenvalue weighted by Crippen LogP contribution is 2.00. The van der Waals surface area contributed by atoms with Crippen LogP contribution in [0.25, 0.3) is 0 Å². The molecule has 0 aliphatic heterocycles. The van der Waals surface area contributed by atoms with Crippen LogP contribution >= 0.6 is 0 Å². The highest BCUT2D eigenvalue weighted by Gasteiger charge is 1.82. The molecule has 0 nitrogen and oxygen atoms in total. The van der Waals surface area contributed by atoms with Crippen molar-refractivity contribution >= 4 is 23.1 Å². The molecule has 25 valence electrons. The summed E-state index contributed by atoms with van der Waals surface area (Å²) in [5, 5.41) is 0. The Bertz CT molecular complexity index is 32.9. The minimum Gasteiger partial charge on any atom is -0.0876 e. The van der Waals surface area contributed by atoms with E-state index in [1.54, 1.807) is 0 Å². The van der Waals surface area contributed by atoms with Crippen molar-refractivity contribution < 1.29 is 0 Å². The Kier molecular flexibility index (Phi) is 3.00. The Morgan fingerprint density at radius 2 is 1.60 bits per heavy atom. The van der Waals surface area contributed by atoms with E-state index in [9.17, 15) is 0 Å². The first kappa shape index (κ1) is 5.51. The van der Waals surface area contributed by atoms with E-state index in [4.69, 9.17) is 0 Å². The van der Waals surface area contributed by atoms with Crippen LogP contribution < -0.4 is 0 Å². The number of rotatable bonds is 0. The van der Waals surface area contributed by atoms with Crippen LogP contribution in [0.2, 0.25) is 0 Å². The van der Waals surface area contributed by atoms with Crippen LogP contribution in [0.4, 0.5) is 0 Å². The summed E-state index contributed by atoms with van der Waals surface area (Å²) in [7, 11) is 0. The first-order valence-corrected chi connectivity index (χ1v) is 1.48. The third-order valence-electron chi connectivity index (χ3n) is 0.544. The van der Waals surface area contributed by atoms with E-state index in [1.165, 1.54) is 6.42 Å². The molecule has 1 heteroatoms. The summed E-state index contributed by atoms with van der Waals surface area (Å²) >= 11 is 0. The van der Waals surface area contributed by atoms with Crippen LogP contribution in [-0.4, -0.2) is 23.1 Å². The third-order valence-corrected chi connectivity index (χ3v) is 0.544. The Balaban J connectivity index is 0.000000160. The van der Waals surface area contributed by atoms with E-state index < -0.39 is 0 Å². The van der Waals surface area contributed by atoms with Gasteiger partial charge in [0.1, 0.15) is 0 Å².